The molecular weight excluding hydrogens is 569 g/mol. The van der Waals surface area contributed by atoms with Crippen molar-refractivity contribution in [3.63, 3.8) is 0 Å². The smallest absolute Gasteiger partial charge is 0.305 e. The quantitative estimate of drug-likeness (QED) is 0.408. The molecule has 3 atom stereocenters. The number of hydrogen-bond acceptors (Lipinski definition) is 8. The van der Waals surface area contributed by atoms with E-state index in [0.717, 1.165) is 48.6 Å². The summed E-state index contributed by atoms with van der Waals surface area (Å²) in [6.45, 7) is 3.51. The van der Waals surface area contributed by atoms with E-state index in [1.807, 2.05) is 11.8 Å². The molecule has 2 saturated heterocycles. The standard InChI is InChI=1S/C29H28FN3O6S2/c1-2-38-20-14-16(6-11-19(20)39-15-21(34)32-12-4-3-5-13-32)22-23-25(40-26-24(22)41-29(37)31-26)28(36)33(27(23)35)18-9-7-17(30)8-10-18/h6-11,14,22-23,25H,2-5,12-13,15H2,1H3,(H,31,37)/t22-,23-,25+/m0/s1. The van der Waals surface area contributed by atoms with Crippen LogP contribution in [-0.2, 0) is 14.4 Å². The monoisotopic (exact) mass is 597 g/mol. The van der Waals surface area contributed by atoms with E-state index in [0.29, 0.717) is 39.3 Å². The van der Waals surface area contributed by atoms with Crippen LogP contribution in [0.1, 0.15) is 42.5 Å². The van der Waals surface area contributed by atoms with Crippen LogP contribution < -0.4 is 19.2 Å². The van der Waals surface area contributed by atoms with Gasteiger partial charge in [-0.05, 0) is 68.1 Å². The van der Waals surface area contributed by atoms with Gasteiger partial charge in [-0.1, -0.05) is 29.2 Å². The maximum atomic E-state index is 13.9. The van der Waals surface area contributed by atoms with Crippen LogP contribution in [0.2, 0.25) is 0 Å². The minimum absolute atomic E-state index is 0.0824. The van der Waals surface area contributed by atoms with Crippen LogP contribution in [0.5, 0.6) is 11.5 Å². The Labute approximate surface area is 243 Å². The number of aromatic nitrogens is 1. The molecule has 3 aliphatic rings. The molecule has 3 aromatic rings. The van der Waals surface area contributed by atoms with E-state index in [4.69, 9.17) is 9.47 Å². The van der Waals surface area contributed by atoms with Gasteiger partial charge in [-0.25, -0.2) is 9.29 Å². The predicted molar refractivity (Wildman–Crippen MR) is 152 cm³/mol. The number of carbonyl (C=O) groups is 3. The number of halogens is 1. The molecular formula is C29H28FN3O6S2. The summed E-state index contributed by atoms with van der Waals surface area (Å²) in [5.41, 5.74) is 0.973. The number of likely N-dealkylation sites (tertiary alicyclic amines) is 1. The highest BCUT2D eigenvalue weighted by atomic mass is 32.2. The Morgan fingerprint density at radius 3 is 2.49 bits per heavy atom. The molecule has 0 spiro atoms. The average molecular weight is 598 g/mol. The van der Waals surface area contributed by atoms with Crippen LogP contribution in [0.15, 0.2) is 52.3 Å². The van der Waals surface area contributed by atoms with Crippen molar-refractivity contribution in [2.24, 2.45) is 5.92 Å². The minimum Gasteiger partial charge on any atom is -0.490 e. The minimum atomic E-state index is -0.793. The molecule has 9 nitrogen and oxygen atoms in total. The molecule has 0 saturated carbocycles. The zero-order chi connectivity index (χ0) is 28.7. The second kappa shape index (κ2) is 11.3. The van der Waals surface area contributed by atoms with Gasteiger partial charge in [0.2, 0.25) is 11.8 Å². The van der Waals surface area contributed by atoms with Crippen LogP contribution in [0.25, 0.3) is 0 Å². The number of anilines is 1. The van der Waals surface area contributed by atoms with Crippen LogP contribution in [-0.4, -0.2) is 59.2 Å². The molecule has 1 aromatic heterocycles. The lowest BCUT2D eigenvalue weighted by atomic mass is 9.83. The molecule has 2 fully saturated rings. The summed E-state index contributed by atoms with van der Waals surface area (Å²) in [4.78, 5) is 58.6. The number of H-pyrrole nitrogens is 1. The molecule has 6 rings (SSSR count). The fraction of sp³-hybridized carbons (Fsp3) is 0.379. The number of rotatable bonds is 7. The van der Waals surface area contributed by atoms with Gasteiger partial charge in [0.25, 0.3) is 5.91 Å². The zero-order valence-corrected chi connectivity index (χ0v) is 23.9. The highest BCUT2D eigenvalue weighted by molar-refractivity contribution is 8.00. The number of aromatic amines is 1. The first kappa shape index (κ1) is 27.5. The lowest BCUT2D eigenvalue weighted by Crippen LogP contribution is -2.38. The first-order valence-electron chi connectivity index (χ1n) is 13.6. The predicted octanol–water partition coefficient (Wildman–Crippen LogP) is 4.16. The van der Waals surface area contributed by atoms with Crippen molar-refractivity contribution in [1.29, 1.82) is 0 Å². The SMILES string of the molecule is CCOc1cc([C@@H]2c3sc(=O)[nH]c3S[C@H]3C(=O)N(c4ccc(F)cc4)C(=O)[C@@H]23)ccc1OCC(=O)N1CCCCC1. The fourth-order valence-electron chi connectivity index (χ4n) is 5.70. The third-order valence-electron chi connectivity index (χ3n) is 7.60. The van der Waals surface area contributed by atoms with Crippen LogP contribution in [0, 0.1) is 11.7 Å². The lowest BCUT2D eigenvalue weighted by molar-refractivity contribution is -0.134. The number of carbonyl (C=O) groups excluding carboxylic acids is 3. The van der Waals surface area contributed by atoms with Gasteiger partial charge < -0.3 is 19.4 Å². The van der Waals surface area contributed by atoms with E-state index in [9.17, 15) is 23.6 Å². The number of thioether (sulfide) groups is 1. The van der Waals surface area contributed by atoms with Gasteiger partial charge in [0.05, 0.1) is 23.2 Å². The Kier molecular flexibility index (Phi) is 7.60. The summed E-state index contributed by atoms with van der Waals surface area (Å²) in [6.07, 6.45) is 3.09. The maximum absolute atomic E-state index is 13.9. The third kappa shape index (κ3) is 5.14. The zero-order valence-electron chi connectivity index (χ0n) is 22.3. The van der Waals surface area contributed by atoms with Crippen LogP contribution in [0.3, 0.4) is 0 Å². The van der Waals surface area contributed by atoms with Crippen molar-refractivity contribution in [2.75, 3.05) is 31.2 Å². The highest BCUT2D eigenvalue weighted by Gasteiger charge is 2.56. The van der Waals surface area contributed by atoms with Gasteiger partial charge in [-0.2, -0.15) is 0 Å². The van der Waals surface area contributed by atoms with E-state index in [2.05, 4.69) is 4.98 Å². The lowest BCUT2D eigenvalue weighted by Gasteiger charge is -2.30. The fourth-order valence-corrected chi connectivity index (χ4v) is 8.22. The van der Waals surface area contributed by atoms with Crippen molar-refractivity contribution in [3.8, 4) is 11.5 Å². The molecule has 0 radical (unpaired) electrons. The molecule has 3 amide bonds. The Morgan fingerprint density at radius 2 is 1.76 bits per heavy atom. The number of benzene rings is 2. The molecule has 3 aliphatic heterocycles. The van der Waals surface area contributed by atoms with E-state index in [-0.39, 0.29) is 17.4 Å². The average Bonchev–Trinajstić information content (AvgIpc) is 3.47. The molecule has 4 heterocycles. The van der Waals surface area contributed by atoms with Gasteiger partial charge in [0, 0.05) is 23.9 Å². The first-order chi connectivity index (χ1) is 19.9. The van der Waals surface area contributed by atoms with Crippen LogP contribution in [0.4, 0.5) is 10.1 Å². The van der Waals surface area contributed by atoms with Gasteiger partial charge >= 0.3 is 4.87 Å². The van der Waals surface area contributed by atoms with E-state index in [1.54, 1.807) is 18.2 Å². The number of nitrogens with zero attached hydrogens (tertiary/aromatic N) is 2. The van der Waals surface area contributed by atoms with Crippen LogP contribution >= 0.6 is 23.1 Å². The summed E-state index contributed by atoms with van der Waals surface area (Å²) < 4.78 is 25.4. The normalized spacial score (nSPS) is 22.0. The Balaban J connectivity index is 1.34. The summed E-state index contributed by atoms with van der Waals surface area (Å²) >= 11 is 2.19. The Hall–Kier alpha value is -3.64. The van der Waals surface area contributed by atoms with Gasteiger partial charge in [-0.3, -0.25) is 19.2 Å². The highest BCUT2D eigenvalue weighted by Crippen LogP contribution is 2.53. The third-order valence-corrected chi connectivity index (χ3v) is 10.00. The number of imide groups is 1. The molecule has 0 unspecified atom stereocenters. The number of ether oxygens (including phenoxy) is 2. The number of nitrogens with one attached hydrogen (secondary N) is 1. The number of fused-ring (bicyclic) bond motifs is 2. The summed E-state index contributed by atoms with van der Waals surface area (Å²) in [5, 5.41) is -0.220. The molecule has 214 valence electrons. The topological polar surface area (TPSA) is 109 Å². The van der Waals surface area contributed by atoms with Crippen molar-refractivity contribution in [3.05, 3.63) is 68.4 Å². The molecule has 0 bridgehead atoms. The van der Waals surface area contributed by atoms with Gasteiger partial charge in [-0.15, -0.1) is 0 Å². The number of amides is 3. The summed E-state index contributed by atoms with van der Waals surface area (Å²) in [5.74, 6) is -1.98. The van der Waals surface area contributed by atoms with Crippen molar-refractivity contribution >= 4 is 46.5 Å². The Morgan fingerprint density at radius 1 is 1.00 bits per heavy atom. The number of hydrogen-bond donors (Lipinski definition) is 1. The van der Waals surface area contributed by atoms with Crippen molar-refractivity contribution < 1.29 is 28.2 Å². The second-order valence-corrected chi connectivity index (χ2v) is 12.3. The maximum Gasteiger partial charge on any atom is 0.305 e. The molecule has 2 aromatic carbocycles. The summed E-state index contributed by atoms with van der Waals surface area (Å²) in [6, 6.07) is 10.5. The van der Waals surface area contributed by atoms with Gasteiger partial charge in [0.1, 0.15) is 11.1 Å². The first-order valence-corrected chi connectivity index (χ1v) is 15.3. The number of piperidine rings is 1. The van der Waals surface area contributed by atoms with Gasteiger partial charge in [0.15, 0.2) is 18.1 Å². The van der Waals surface area contributed by atoms with Crippen molar-refractivity contribution in [2.45, 2.75) is 42.4 Å². The Bertz CT molecular complexity index is 1550. The molecule has 1 N–H and O–H groups in total. The van der Waals surface area contributed by atoms with E-state index in [1.165, 1.54) is 36.0 Å². The van der Waals surface area contributed by atoms with E-state index < -0.39 is 34.7 Å². The molecule has 41 heavy (non-hydrogen) atoms. The van der Waals surface area contributed by atoms with Crippen molar-refractivity contribution in [1.82, 2.24) is 9.88 Å². The largest absolute Gasteiger partial charge is 0.490 e. The van der Waals surface area contributed by atoms with E-state index >= 15 is 0 Å². The second-order valence-electron chi connectivity index (χ2n) is 10.1. The molecule has 0 aliphatic carbocycles. The molecule has 12 heteroatoms. The summed E-state index contributed by atoms with van der Waals surface area (Å²) in [7, 11) is 0. The number of thiazole rings is 1.